The summed E-state index contributed by atoms with van der Waals surface area (Å²) in [5.41, 5.74) is 2.53. The van der Waals surface area contributed by atoms with E-state index in [1.807, 2.05) is 0 Å². The molecule has 0 unspecified atom stereocenters. The number of nitrogens with one attached hydrogen (secondary N) is 2. The van der Waals surface area contributed by atoms with Crippen molar-refractivity contribution in [2.24, 2.45) is 0 Å². The number of ether oxygens (including phenoxy) is 2. The first-order valence-corrected chi connectivity index (χ1v) is 8.86. The van der Waals surface area contributed by atoms with Gasteiger partial charge in [0.25, 0.3) is 5.91 Å². The fraction of sp³-hybridized carbons (Fsp3) is 0.350. The molecule has 0 radical (unpaired) electrons. The first kappa shape index (κ1) is 21.2. The third-order valence-corrected chi connectivity index (χ3v) is 4.15. The molecule has 150 valence electrons. The molecule has 0 fully saturated rings. The molecule has 0 saturated carbocycles. The molecule has 1 aromatic carbocycles. The van der Waals surface area contributed by atoms with E-state index in [0.717, 1.165) is 0 Å². The maximum Gasteiger partial charge on any atom is 0.355 e. The van der Waals surface area contributed by atoms with Gasteiger partial charge in [-0.2, -0.15) is 0 Å². The predicted molar refractivity (Wildman–Crippen MR) is 102 cm³/mol. The number of rotatable bonds is 7. The molecule has 0 aliphatic carbocycles. The van der Waals surface area contributed by atoms with Crippen LogP contribution < -0.4 is 5.32 Å². The molecule has 0 spiro atoms. The Balaban J connectivity index is 2.03. The number of hydrogen-bond acceptors (Lipinski definition) is 6. The van der Waals surface area contributed by atoms with Crippen LogP contribution in [-0.2, 0) is 14.3 Å². The van der Waals surface area contributed by atoms with E-state index in [9.17, 15) is 19.5 Å². The lowest BCUT2D eigenvalue weighted by Crippen LogP contribution is -2.22. The van der Waals surface area contributed by atoms with E-state index in [4.69, 9.17) is 9.47 Å². The van der Waals surface area contributed by atoms with Crippen LogP contribution in [0.2, 0.25) is 0 Å². The number of anilines is 1. The summed E-state index contributed by atoms with van der Waals surface area (Å²) in [6.45, 7) is 6.40. The Morgan fingerprint density at radius 1 is 1.14 bits per heavy atom. The standard InChI is InChI=1S/C20H24N2O6/c1-5-27-19(25)14-8-6-7-9-15(14)22-16(24)10-28-20(26)18-11(2)17(13(4)23)12(3)21-18/h6-9,13,21,23H,5,10H2,1-4H3,(H,22,24)/t13-/m1/s1. The lowest BCUT2D eigenvalue weighted by Gasteiger charge is -2.10. The Morgan fingerprint density at radius 2 is 1.82 bits per heavy atom. The molecule has 1 amide bonds. The lowest BCUT2D eigenvalue weighted by atomic mass is 10.1. The number of aliphatic hydroxyl groups is 1. The topological polar surface area (TPSA) is 118 Å². The van der Waals surface area contributed by atoms with Crippen molar-refractivity contribution in [3.63, 3.8) is 0 Å². The van der Waals surface area contributed by atoms with Crippen molar-refractivity contribution in [1.82, 2.24) is 4.98 Å². The van der Waals surface area contributed by atoms with Crippen LogP contribution in [0.15, 0.2) is 24.3 Å². The van der Waals surface area contributed by atoms with Crippen molar-refractivity contribution in [2.75, 3.05) is 18.5 Å². The molecular formula is C20H24N2O6. The number of aromatic amines is 1. The molecule has 8 nitrogen and oxygen atoms in total. The maximum atomic E-state index is 12.3. The summed E-state index contributed by atoms with van der Waals surface area (Å²) >= 11 is 0. The average Bonchev–Trinajstić information content (AvgIpc) is 2.94. The molecular weight excluding hydrogens is 364 g/mol. The molecule has 0 saturated heterocycles. The second-order valence-electron chi connectivity index (χ2n) is 6.23. The Morgan fingerprint density at radius 3 is 2.43 bits per heavy atom. The molecule has 1 heterocycles. The molecule has 3 N–H and O–H groups in total. The van der Waals surface area contributed by atoms with Crippen LogP contribution in [0.3, 0.4) is 0 Å². The maximum absolute atomic E-state index is 12.3. The normalized spacial score (nSPS) is 11.6. The van der Waals surface area contributed by atoms with Gasteiger partial charge in [0.05, 0.1) is 24.0 Å². The molecule has 28 heavy (non-hydrogen) atoms. The highest BCUT2D eigenvalue weighted by molar-refractivity contribution is 6.02. The summed E-state index contributed by atoms with van der Waals surface area (Å²) < 4.78 is 10.0. The number of aliphatic hydroxyl groups excluding tert-OH is 1. The summed E-state index contributed by atoms with van der Waals surface area (Å²) in [4.78, 5) is 39.3. The second-order valence-corrected chi connectivity index (χ2v) is 6.23. The Bertz CT molecular complexity index is 885. The van der Waals surface area contributed by atoms with Gasteiger partial charge in [0, 0.05) is 11.3 Å². The van der Waals surface area contributed by atoms with Crippen molar-refractivity contribution >= 4 is 23.5 Å². The lowest BCUT2D eigenvalue weighted by molar-refractivity contribution is -0.119. The largest absolute Gasteiger partial charge is 0.462 e. The average molecular weight is 388 g/mol. The quantitative estimate of drug-likeness (QED) is 0.628. The van der Waals surface area contributed by atoms with Crippen LogP contribution in [-0.4, -0.2) is 41.2 Å². The number of aromatic nitrogens is 1. The number of esters is 2. The first-order chi connectivity index (χ1) is 13.3. The second kappa shape index (κ2) is 9.18. The zero-order chi connectivity index (χ0) is 20.8. The number of hydrogen-bond donors (Lipinski definition) is 3. The highest BCUT2D eigenvalue weighted by atomic mass is 16.5. The summed E-state index contributed by atoms with van der Waals surface area (Å²) in [5, 5.41) is 12.3. The van der Waals surface area contributed by atoms with Crippen LogP contribution in [0.4, 0.5) is 5.69 Å². The van der Waals surface area contributed by atoms with Crippen molar-refractivity contribution < 1.29 is 29.0 Å². The molecule has 1 atom stereocenters. The van der Waals surface area contributed by atoms with Crippen LogP contribution in [0.25, 0.3) is 0 Å². The number of carbonyl (C=O) groups is 3. The van der Waals surface area contributed by atoms with Gasteiger partial charge in [-0.3, -0.25) is 4.79 Å². The first-order valence-electron chi connectivity index (χ1n) is 8.86. The van der Waals surface area contributed by atoms with E-state index in [-0.39, 0.29) is 23.6 Å². The minimum atomic E-state index is -0.736. The van der Waals surface area contributed by atoms with Crippen molar-refractivity contribution in [3.05, 3.63) is 52.3 Å². The fourth-order valence-corrected chi connectivity index (χ4v) is 2.96. The number of carbonyl (C=O) groups excluding carboxylic acids is 3. The van der Waals surface area contributed by atoms with Crippen LogP contribution >= 0.6 is 0 Å². The van der Waals surface area contributed by atoms with Crippen LogP contribution in [0.5, 0.6) is 0 Å². The zero-order valence-electron chi connectivity index (χ0n) is 16.3. The summed E-state index contributed by atoms with van der Waals surface area (Å²) in [5.74, 6) is -1.86. The van der Waals surface area contributed by atoms with Gasteiger partial charge < -0.3 is 24.9 Å². The van der Waals surface area contributed by atoms with E-state index in [1.54, 1.807) is 45.9 Å². The van der Waals surface area contributed by atoms with Crippen LogP contribution in [0.1, 0.15) is 57.6 Å². The molecule has 8 heteroatoms. The van der Waals surface area contributed by atoms with Crippen LogP contribution in [0, 0.1) is 13.8 Å². The smallest absolute Gasteiger partial charge is 0.355 e. The van der Waals surface area contributed by atoms with Gasteiger partial charge in [-0.25, -0.2) is 9.59 Å². The Labute approximate surface area is 162 Å². The molecule has 0 aliphatic rings. The monoisotopic (exact) mass is 388 g/mol. The highest BCUT2D eigenvalue weighted by Crippen LogP contribution is 2.25. The number of benzene rings is 1. The van der Waals surface area contributed by atoms with Gasteiger partial charge >= 0.3 is 11.9 Å². The molecule has 2 rings (SSSR count). The van der Waals surface area contributed by atoms with E-state index < -0.39 is 30.6 Å². The summed E-state index contributed by atoms with van der Waals surface area (Å²) in [6, 6.07) is 6.40. The Kier molecular flexibility index (Phi) is 6.94. The Hall–Kier alpha value is -3.13. The van der Waals surface area contributed by atoms with E-state index in [2.05, 4.69) is 10.3 Å². The number of para-hydroxylation sites is 1. The zero-order valence-corrected chi connectivity index (χ0v) is 16.3. The third-order valence-electron chi connectivity index (χ3n) is 4.15. The van der Waals surface area contributed by atoms with Crippen molar-refractivity contribution in [2.45, 2.75) is 33.8 Å². The van der Waals surface area contributed by atoms with Gasteiger partial charge in [0.15, 0.2) is 6.61 Å². The fourth-order valence-electron chi connectivity index (χ4n) is 2.96. The van der Waals surface area contributed by atoms with Gasteiger partial charge in [-0.15, -0.1) is 0 Å². The molecule has 1 aromatic heterocycles. The summed E-state index contributed by atoms with van der Waals surface area (Å²) in [6.07, 6.45) is -0.736. The van der Waals surface area contributed by atoms with Crippen molar-refractivity contribution in [1.29, 1.82) is 0 Å². The number of amides is 1. The van der Waals surface area contributed by atoms with Crippen molar-refractivity contribution in [3.8, 4) is 0 Å². The number of H-pyrrole nitrogens is 1. The van der Waals surface area contributed by atoms with E-state index >= 15 is 0 Å². The van der Waals surface area contributed by atoms with Gasteiger partial charge in [0.1, 0.15) is 5.69 Å². The SMILES string of the molecule is CCOC(=O)c1ccccc1NC(=O)COC(=O)c1[nH]c(C)c([C@@H](C)O)c1C. The number of aryl methyl sites for hydroxylation is 1. The molecule has 0 bridgehead atoms. The van der Waals surface area contributed by atoms with Gasteiger partial charge in [0.2, 0.25) is 0 Å². The highest BCUT2D eigenvalue weighted by Gasteiger charge is 2.22. The minimum absolute atomic E-state index is 0.188. The third kappa shape index (κ3) is 4.77. The van der Waals surface area contributed by atoms with Gasteiger partial charge in [-0.05, 0) is 45.4 Å². The summed E-state index contributed by atoms with van der Waals surface area (Å²) in [7, 11) is 0. The van der Waals surface area contributed by atoms with E-state index in [0.29, 0.717) is 16.8 Å². The molecule has 0 aliphatic heterocycles. The van der Waals surface area contributed by atoms with E-state index in [1.165, 1.54) is 6.07 Å². The minimum Gasteiger partial charge on any atom is -0.462 e. The molecule has 2 aromatic rings. The predicted octanol–water partition coefficient (Wildman–Crippen LogP) is 2.66. The van der Waals surface area contributed by atoms with Gasteiger partial charge in [-0.1, -0.05) is 12.1 Å².